The fourth-order valence-electron chi connectivity index (χ4n) is 2.26. The Kier molecular flexibility index (Phi) is 4.37. The molecule has 1 fully saturated rings. The number of nitrogens with zero attached hydrogens (tertiary/aromatic N) is 2. The van der Waals surface area contributed by atoms with Crippen LogP contribution >= 0.6 is 0 Å². The molecule has 2 amide bonds. The van der Waals surface area contributed by atoms with Crippen molar-refractivity contribution in [3.05, 3.63) is 29.8 Å². The Balaban J connectivity index is 1.85. The molecule has 0 aromatic heterocycles. The zero-order valence-electron chi connectivity index (χ0n) is 11.0. The summed E-state index contributed by atoms with van der Waals surface area (Å²) in [6.07, 6.45) is 2.13. The minimum atomic E-state index is -0.190. The summed E-state index contributed by atoms with van der Waals surface area (Å²) in [4.78, 5) is 14.1. The van der Waals surface area contributed by atoms with E-state index in [0.717, 1.165) is 25.9 Å². The molecule has 2 rings (SSSR count). The molecule has 1 aromatic rings. The summed E-state index contributed by atoms with van der Waals surface area (Å²) in [7, 11) is 2.06. The Hall–Kier alpha value is -2.06. The maximum atomic E-state index is 11.8. The predicted octanol–water partition coefficient (Wildman–Crippen LogP) is 1.77. The highest BCUT2D eigenvalue weighted by atomic mass is 16.2. The Labute approximate surface area is 113 Å². The van der Waals surface area contributed by atoms with Gasteiger partial charge in [-0.05, 0) is 50.7 Å². The van der Waals surface area contributed by atoms with Gasteiger partial charge in [0.2, 0.25) is 0 Å². The van der Waals surface area contributed by atoms with Gasteiger partial charge in [0.25, 0.3) is 0 Å². The number of likely N-dealkylation sites (N-methyl/N-ethyl adjacent to an activating group) is 1. The molecule has 0 saturated carbocycles. The molecule has 1 heterocycles. The highest BCUT2D eigenvalue weighted by Gasteiger charge is 2.18. The first kappa shape index (κ1) is 13.4. The number of hydrogen-bond acceptors (Lipinski definition) is 3. The molecule has 1 atom stereocenters. The SMILES string of the molecule is CN1CCC[C@@H](NC(=O)Nc2ccc(C#N)cc2)C1. The predicted molar refractivity (Wildman–Crippen MR) is 73.8 cm³/mol. The fourth-order valence-corrected chi connectivity index (χ4v) is 2.26. The van der Waals surface area contributed by atoms with Gasteiger partial charge in [0.15, 0.2) is 0 Å². The molecule has 0 spiro atoms. The number of amides is 2. The number of nitrogens with one attached hydrogen (secondary N) is 2. The molecule has 5 heteroatoms. The lowest BCUT2D eigenvalue weighted by Crippen LogP contribution is -2.47. The molecular formula is C14H18N4O. The normalized spacial score (nSPS) is 19.5. The third-order valence-electron chi connectivity index (χ3n) is 3.23. The molecule has 1 saturated heterocycles. The van der Waals surface area contributed by atoms with Gasteiger partial charge in [-0.2, -0.15) is 5.26 Å². The third kappa shape index (κ3) is 3.97. The zero-order valence-corrected chi connectivity index (χ0v) is 11.0. The van der Waals surface area contributed by atoms with Crippen LogP contribution in [0.5, 0.6) is 0 Å². The number of carbonyl (C=O) groups is 1. The number of benzene rings is 1. The summed E-state index contributed by atoms with van der Waals surface area (Å²) >= 11 is 0. The van der Waals surface area contributed by atoms with Crippen molar-refractivity contribution in [3.63, 3.8) is 0 Å². The highest BCUT2D eigenvalue weighted by molar-refractivity contribution is 5.89. The molecule has 19 heavy (non-hydrogen) atoms. The van der Waals surface area contributed by atoms with Crippen molar-refractivity contribution in [1.29, 1.82) is 5.26 Å². The Bertz CT molecular complexity index is 477. The standard InChI is InChI=1S/C14H18N4O/c1-18-8-2-3-13(10-18)17-14(19)16-12-6-4-11(9-15)5-7-12/h4-7,13H,2-3,8,10H2,1H3,(H2,16,17,19)/t13-/m1/s1. The third-order valence-corrected chi connectivity index (χ3v) is 3.23. The molecule has 1 aliphatic heterocycles. The van der Waals surface area contributed by atoms with Crippen LogP contribution in [0.1, 0.15) is 18.4 Å². The van der Waals surface area contributed by atoms with Crippen LogP contribution in [0, 0.1) is 11.3 Å². The number of carbonyl (C=O) groups excluding carboxylic acids is 1. The minimum Gasteiger partial charge on any atom is -0.334 e. The molecule has 1 aliphatic rings. The van der Waals surface area contributed by atoms with Crippen LogP contribution in [0.25, 0.3) is 0 Å². The van der Waals surface area contributed by atoms with E-state index < -0.39 is 0 Å². The van der Waals surface area contributed by atoms with Crippen LogP contribution in [-0.2, 0) is 0 Å². The van der Waals surface area contributed by atoms with Gasteiger partial charge in [-0.25, -0.2) is 4.79 Å². The van der Waals surface area contributed by atoms with Gasteiger partial charge in [0.1, 0.15) is 0 Å². The summed E-state index contributed by atoms with van der Waals surface area (Å²) in [6.45, 7) is 1.98. The van der Waals surface area contributed by atoms with Gasteiger partial charge in [-0.1, -0.05) is 0 Å². The van der Waals surface area contributed by atoms with E-state index >= 15 is 0 Å². The first-order valence-corrected chi connectivity index (χ1v) is 6.43. The number of rotatable bonds is 2. The van der Waals surface area contributed by atoms with Crippen molar-refractivity contribution in [2.45, 2.75) is 18.9 Å². The Morgan fingerprint density at radius 3 is 2.79 bits per heavy atom. The van der Waals surface area contributed by atoms with Crippen LogP contribution < -0.4 is 10.6 Å². The van der Waals surface area contributed by atoms with Crippen LogP contribution in [0.3, 0.4) is 0 Å². The van der Waals surface area contributed by atoms with Crippen LogP contribution in [-0.4, -0.2) is 37.1 Å². The second-order valence-corrected chi connectivity index (χ2v) is 4.89. The second kappa shape index (κ2) is 6.21. The van der Waals surface area contributed by atoms with Crippen molar-refractivity contribution in [1.82, 2.24) is 10.2 Å². The van der Waals surface area contributed by atoms with Crippen molar-refractivity contribution >= 4 is 11.7 Å². The maximum Gasteiger partial charge on any atom is 0.319 e. The molecule has 2 N–H and O–H groups in total. The van der Waals surface area contributed by atoms with E-state index in [-0.39, 0.29) is 12.1 Å². The van der Waals surface area contributed by atoms with E-state index in [2.05, 4.69) is 22.6 Å². The highest BCUT2D eigenvalue weighted by Crippen LogP contribution is 2.10. The molecular weight excluding hydrogens is 240 g/mol. The second-order valence-electron chi connectivity index (χ2n) is 4.89. The van der Waals surface area contributed by atoms with Crippen molar-refractivity contribution < 1.29 is 4.79 Å². The number of urea groups is 1. The fraction of sp³-hybridized carbons (Fsp3) is 0.429. The lowest BCUT2D eigenvalue weighted by Gasteiger charge is -2.30. The zero-order chi connectivity index (χ0) is 13.7. The van der Waals surface area contributed by atoms with Crippen LogP contribution in [0.2, 0.25) is 0 Å². The van der Waals surface area contributed by atoms with E-state index in [1.165, 1.54) is 0 Å². The smallest absolute Gasteiger partial charge is 0.319 e. The summed E-state index contributed by atoms with van der Waals surface area (Å²) in [5.41, 5.74) is 1.28. The Morgan fingerprint density at radius 1 is 1.42 bits per heavy atom. The van der Waals surface area contributed by atoms with Gasteiger partial charge in [-0.3, -0.25) is 0 Å². The quantitative estimate of drug-likeness (QED) is 0.849. The van der Waals surface area contributed by atoms with Crippen molar-refractivity contribution in [3.8, 4) is 6.07 Å². The van der Waals surface area contributed by atoms with E-state index in [1.54, 1.807) is 24.3 Å². The summed E-state index contributed by atoms with van der Waals surface area (Å²) in [6, 6.07) is 8.88. The van der Waals surface area contributed by atoms with E-state index in [1.807, 2.05) is 6.07 Å². The summed E-state index contributed by atoms with van der Waals surface area (Å²) in [5.74, 6) is 0. The van der Waals surface area contributed by atoms with Crippen molar-refractivity contribution in [2.75, 3.05) is 25.5 Å². The Morgan fingerprint density at radius 2 is 2.16 bits per heavy atom. The lowest BCUT2D eigenvalue weighted by molar-refractivity contribution is 0.216. The van der Waals surface area contributed by atoms with Crippen LogP contribution in [0.4, 0.5) is 10.5 Å². The monoisotopic (exact) mass is 258 g/mol. The summed E-state index contributed by atoms with van der Waals surface area (Å²) < 4.78 is 0. The molecule has 0 aliphatic carbocycles. The first-order chi connectivity index (χ1) is 9.17. The van der Waals surface area contributed by atoms with E-state index in [9.17, 15) is 4.79 Å². The summed E-state index contributed by atoms with van der Waals surface area (Å²) in [5, 5.41) is 14.4. The number of nitriles is 1. The topological polar surface area (TPSA) is 68.2 Å². The van der Waals surface area contributed by atoms with E-state index in [0.29, 0.717) is 11.3 Å². The number of hydrogen-bond donors (Lipinski definition) is 2. The average Bonchev–Trinajstić information content (AvgIpc) is 2.39. The lowest BCUT2D eigenvalue weighted by atomic mass is 10.1. The van der Waals surface area contributed by atoms with Gasteiger partial charge < -0.3 is 15.5 Å². The average molecular weight is 258 g/mol. The van der Waals surface area contributed by atoms with Crippen molar-refractivity contribution in [2.24, 2.45) is 0 Å². The van der Waals surface area contributed by atoms with Crippen LogP contribution in [0.15, 0.2) is 24.3 Å². The number of anilines is 1. The minimum absolute atomic E-state index is 0.190. The van der Waals surface area contributed by atoms with Gasteiger partial charge in [0.05, 0.1) is 11.6 Å². The largest absolute Gasteiger partial charge is 0.334 e. The van der Waals surface area contributed by atoms with Gasteiger partial charge in [-0.15, -0.1) is 0 Å². The van der Waals surface area contributed by atoms with Gasteiger partial charge in [0, 0.05) is 18.3 Å². The van der Waals surface area contributed by atoms with Gasteiger partial charge >= 0.3 is 6.03 Å². The molecule has 0 radical (unpaired) electrons. The molecule has 100 valence electrons. The number of likely N-dealkylation sites (tertiary alicyclic amines) is 1. The van der Waals surface area contributed by atoms with E-state index in [4.69, 9.17) is 5.26 Å². The molecule has 0 unspecified atom stereocenters. The number of piperidine rings is 1. The molecule has 5 nitrogen and oxygen atoms in total. The first-order valence-electron chi connectivity index (χ1n) is 6.43. The maximum absolute atomic E-state index is 11.8. The molecule has 1 aromatic carbocycles. The molecule has 0 bridgehead atoms.